The first-order valence-electron chi connectivity index (χ1n) is 25.3. The number of ether oxygens (including phenoxy) is 3. The van der Waals surface area contributed by atoms with E-state index in [1.54, 1.807) is 0 Å². The van der Waals surface area contributed by atoms with Gasteiger partial charge in [-0.3, -0.25) is 14.4 Å². The lowest BCUT2D eigenvalue weighted by Gasteiger charge is -2.18. The Hall–Kier alpha value is -2.11. The highest BCUT2D eigenvalue weighted by Crippen LogP contribution is 2.15. The fraction of sp³-hybridized carbons (Fsp3) is 0.865. The predicted molar refractivity (Wildman–Crippen MR) is 247 cm³/mol. The average Bonchev–Trinajstić information content (AvgIpc) is 3.22. The van der Waals surface area contributed by atoms with E-state index in [-0.39, 0.29) is 31.1 Å². The third-order valence-electron chi connectivity index (χ3n) is 11.2. The number of allylic oxidation sites excluding steroid dienone is 4. The van der Waals surface area contributed by atoms with Crippen LogP contribution in [0.3, 0.4) is 0 Å². The van der Waals surface area contributed by atoms with Crippen molar-refractivity contribution in [1.82, 2.24) is 0 Å². The zero-order valence-electron chi connectivity index (χ0n) is 38.8. The molecule has 0 aromatic heterocycles. The van der Waals surface area contributed by atoms with Gasteiger partial charge in [0.2, 0.25) is 0 Å². The molecule has 0 bridgehead atoms. The summed E-state index contributed by atoms with van der Waals surface area (Å²) in [5.41, 5.74) is 0. The van der Waals surface area contributed by atoms with Gasteiger partial charge in [0.1, 0.15) is 13.2 Å². The summed E-state index contributed by atoms with van der Waals surface area (Å²) in [6, 6.07) is 0. The van der Waals surface area contributed by atoms with Crippen molar-refractivity contribution < 1.29 is 28.6 Å². The second-order valence-electron chi connectivity index (χ2n) is 17.1. The summed E-state index contributed by atoms with van der Waals surface area (Å²) in [4.78, 5) is 37.9. The van der Waals surface area contributed by atoms with Gasteiger partial charge in [-0.05, 0) is 51.4 Å². The molecule has 6 nitrogen and oxygen atoms in total. The van der Waals surface area contributed by atoms with E-state index in [0.717, 1.165) is 70.6 Å². The number of rotatable bonds is 46. The first-order valence-corrected chi connectivity index (χ1v) is 25.3. The number of unbranched alkanes of at least 4 members (excludes halogenated alkanes) is 31. The van der Waals surface area contributed by atoms with Gasteiger partial charge in [-0.25, -0.2) is 0 Å². The molecule has 340 valence electrons. The number of hydrogen-bond acceptors (Lipinski definition) is 6. The summed E-state index contributed by atoms with van der Waals surface area (Å²) >= 11 is 0. The molecule has 0 aliphatic carbocycles. The third kappa shape index (κ3) is 45.0. The molecule has 0 spiro atoms. The molecule has 0 aliphatic rings. The van der Waals surface area contributed by atoms with Crippen molar-refractivity contribution in [3.05, 3.63) is 24.3 Å². The van der Waals surface area contributed by atoms with Gasteiger partial charge in [0, 0.05) is 19.3 Å². The first kappa shape index (κ1) is 55.9. The minimum atomic E-state index is -0.767. The molecule has 1 atom stereocenters. The molecule has 0 amide bonds. The van der Waals surface area contributed by atoms with Crippen molar-refractivity contribution in [2.75, 3.05) is 13.2 Å². The quantitative estimate of drug-likeness (QED) is 0.0263. The molecule has 0 aromatic rings. The highest BCUT2D eigenvalue weighted by Gasteiger charge is 2.19. The van der Waals surface area contributed by atoms with Crippen LogP contribution >= 0.6 is 0 Å². The van der Waals surface area contributed by atoms with Crippen molar-refractivity contribution in [2.24, 2.45) is 0 Å². The summed E-state index contributed by atoms with van der Waals surface area (Å²) in [5.74, 6) is -0.866. The monoisotopic (exact) mass is 817 g/mol. The van der Waals surface area contributed by atoms with Crippen molar-refractivity contribution >= 4 is 17.9 Å². The van der Waals surface area contributed by atoms with E-state index in [0.29, 0.717) is 19.3 Å². The van der Waals surface area contributed by atoms with E-state index in [1.807, 2.05) is 0 Å². The van der Waals surface area contributed by atoms with Crippen LogP contribution in [0, 0.1) is 0 Å². The van der Waals surface area contributed by atoms with Crippen molar-refractivity contribution in [3.63, 3.8) is 0 Å². The van der Waals surface area contributed by atoms with Crippen molar-refractivity contribution in [2.45, 2.75) is 277 Å². The second-order valence-corrected chi connectivity index (χ2v) is 17.1. The average molecular weight is 817 g/mol. The van der Waals surface area contributed by atoms with E-state index in [9.17, 15) is 14.4 Å². The zero-order chi connectivity index (χ0) is 42.3. The molecule has 0 unspecified atom stereocenters. The molecular formula is C52H96O6. The lowest BCUT2D eigenvalue weighted by Crippen LogP contribution is -2.30. The molecule has 0 N–H and O–H groups in total. The van der Waals surface area contributed by atoms with Crippen LogP contribution in [-0.4, -0.2) is 37.2 Å². The lowest BCUT2D eigenvalue weighted by molar-refractivity contribution is -0.167. The van der Waals surface area contributed by atoms with Gasteiger partial charge in [0.25, 0.3) is 0 Å². The van der Waals surface area contributed by atoms with Crippen LogP contribution < -0.4 is 0 Å². The molecule has 6 heteroatoms. The minimum Gasteiger partial charge on any atom is -0.462 e. The Balaban J connectivity index is 4.32. The predicted octanol–water partition coefficient (Wildman–Crippen LogP) is 16.4. The Morgan fingerprint density at radius 2 is 0.621 bits per heavy atom. The van der Waals surface area contributed by atoms with Gasteiger partial charge < -0.3 is 14.2 Å². The Kier molecular flexibility index (Phi) is 45.8. The molecule has 0 radical (unpaired) electrons. The fourth-order valence-corrected chi connectivity index (χ4v) is 7.36. The molecule has 58 heavy (non-hydrogen) atoms. The summed E-state index contributed by atoms with van der Waals surface area (Å²) in [5, 5.41) is 0. The summed E-state index contributed by atoms with van der Waals surface area (Å²) in [7, 11) is 0. The van der Waals surface area contributed by atoms with Gasteiger partial charge >= 0.3 is 17.9 Å². The summed E-state index contributed by atoms with van der Waals surface area (Å²) < 4.78 is 16.8. The first-order chi connectivity index (χ1) is 28.5. The lowest BCUT2D eigenvalue weighted by atomic mass is 10.0. The van der Waals surface area contributed by atoms with Crippen molar-refractivity contribution in [3.8, 4) is 0 Å². The normalized spacial score (nSPS) is 12.1. The van der Waals surface area contributed by atoms with Gasteiger partial charge in [-0.15, -0.1) is 0 Å². The van der Waals surface area contributed by atoms with Gasteiger partial charge in [-0.1, -0.05) is 225 Å². The zero-order valence-corrected chi connectivity index (χ0v) is 38.8. The van der Waals surface area contributed by atoms with Crippen LogP contribution in [0.15, 0.2) is 24.3 Å². The van der Waals surface area contributed by atoms with E-state index >= 15 is 0 Å². The topological polar surface area (TPSA) is 78.9 Å². The van der Waals surface area contributed by atoms with E-state index in [4.69, 9.17) is 14.2 Å². The van der Waals surface area contributed by atoms with Crippen LogP contribution in [0.4, 0.5) is 0 Å². The SMILES string of the molecule is CCCCC/C=C\C/C=C\CCCCCCCCCC(=O)OC[C@H](COC(=O)CCCCCCCCCCCCC)OC(=O)CCCCCCCCCCCCCC. The maximum atomic E-state index is 12.7. The van der Waals surface area contributed by atoms with Crippen LogP contribution in [0.5, 0.6) is 0 Å². The molecule has 0 heterocycles. The Morgan fingerprint density at radius 1 is 0.345 bits per heavy atom. The highest BCUT2D eigenvalue weighted by atomic mass is 16.6. The maximum absolute atomic E-state index is 12.7. The molecule has 0 aliphatic heterocycles. The summed E-state index contributed by atoms with van der Waals surface area (Å²) in [6.07, 6.45) is 53.0. The van der Waals surface area contributed by atoms with Gasteiger partial charge in [-0.2, -0.15) is 0 Å². The Bertz CT molecular complexity index is 942. The van der Waals surface area contributed by atoms with Crippen LogP contribution in [0.2, 0.25) is 0 Å². The number of hydrogen-bond donors (Lipinski definition) is 0. The van der Waals surface area contributed by atoms with E-state index in [1.165, 1.54) is 161 Å². The summed E-state index contributed by atoms with van der Waals surface area (Å²) in [6.45, 7) is 6.62. The minimum absolute atomic E-state index is 0.0692. The number of carbonyl (C=O) groups excluding carboxylic acids is 3. The smallest absolute Gasteiger partial charge is 0.306 e. The molecule has 0 rings (SSSR count). The largest absolute Gasteiger partial charge is 0.462 e. The molecule has 0 fully saturated rings. The van der Waals surface area contributed by atoms with Crippen LogP contribution in [0.25, 0.3) is 0 Å². The molecule has 0 aromatic carbocycles. The number of carbonyl (C=O) groups is 3. The van der Waals surface area contributed by atoms with Gasteiger partial charge in [0.05, 0.1) is 0 Å². The van der Waals surface area contributed by atoms with Crippen LogP contribution in [0.1, 0.15) is 271 Å². The van der Waals surface area contributed by atoms with Crippen LogP contribution in [-0.2, 0) is 28.6 Å². The molecule has 0 saturated carbocycles. The standard InChI is InChI=1S/C52H96O6/c1-4-7-10-13-16-19-22-24-25-26-27-28-31-33-36-39-42-45-51(54)57-48-49(47-56-50(53)44-41-38-35-32-29-21-18-15-12-9-6-3)58-52(55)46-43-40-37-34-30-23-20-17-14-11-8-5-2/h16,19,24-25,49H,4-15,17-18,20-23,26-48H2,1-3H3/b19-16-,25-24-/t49-/m0/s1. The highest BCUT2D eigenvalue weighted by molar-refractivity contribution is 5.71. The van der Waals surface area contributed by atoms with Crippen molar-refractivity contribution in [1.29, 1.82) is 0 Å². The second kappa shape index (κ2) is 47.6. The molecule has 0 saturated heterocycles. The van der Waals surface area contributed by atoms with Gasteiger partial charge in [0.15, 0.2) is 6.10 Å². The van der Waals surface area contributed by atoms with E-state index in [2.05, 4.69) is 45.1 Å². The maximum Gasteiger partial charge on any atom is 0.306 e. The molecular weight excluding hydrogens is 721 g/mol. The Morgan fingerprint density at radius 3 is 0.983 bits per heavy atom. The Labute approximate surface area is 360 Å². The fourth-order valence-electron chi connectivity index (χ4n) is 7.36. The van der Waals surface area contributed by atoms with E-state index < -0.39 is 6.10 Å². The third-order valence-corrected chi connectivity index (χ3v) is 11.2. The number of esters is 3.